The van der Waals surface area contributed by atoms with E-state index in [1.165, 1.54) is 18.4 Å². The Kier molecular flexibility index (Phi) is 3.89. The lowest BCUT2D eigenvalue weighted by Crippen LogP contribution is -2.35. The van der Waals surface area contributed by atoms with Gasteiger partial charge in [-0.2, -0.15) is 0 Å². The third kappa shape index (κ3) is 2.72. The van der Waals surface area contributed by atoms with Gasteiger partial charge in [-0.15, -0.1) is 0 Å². The molecule has 0 radical (unpaired) electrons. The van der Waals surface area contributed by atoms with E-state index in [-0.39, 0.29) is 0 Å². The molecule has 1 saturated carbocycles. The summed E-state index contributed by atoms with van der Waals surface area (Å²) in [5.74, 6) is 0.966. The van der Waals surface area contributed by atoms with Gasteiger partial charge in [0.1, 0.15) is 5.75 Å². The van der Waals surface area contributed by atoms with E-state index >= 15 is 0 Å². The first kappa shape index (κ1) is 12.2. The highest BCUT2D eigenvalue weighted by Crippen LogP contribution is 2.26. The maximum absolute atomic E-state index is 6.07. The van der Waals surface area contributed by atoms with Crippen molar-refractivity contribution in [2.45, 2.75) is 44.7 Å². The van der Waals surface area contributed by atoms with Gasteiger partial charge < -0.3 is 15.8 Å². The van der Waals surface area contributed by atoms with Gasteiger partial charge in [0.25, 0.3) is 0 Å². The smallest absolute Gasteiger partial charge is 0.122 e. The molecule has 0 aliphatic heterocycles. The quantitative estimate of drug-likeness (QED) is 0.841. The number of nitrogens with two attached hydrogens (primary N) is 1. The molecule has 1 aromatic rings. The zero-order chi connectivity index (χ0) is 12.3. The Hall–Kier alpha value is -1.22. The molecule has 1 fully saturated rings. The van der Waals surface area contributed by atoms with Gasteiger partial charge in [0, 0.05) is 17.8 Å². The lowest BCUT2D eigenvalue weighted by molar-refractivity contribution is 0.410. The van der Waals surface area contributed by atoms with Crippen LogP contribution in [0.3, 0.4) is 0 Å². The second-order valence-electron chi connectivity index (χ2n) is 4.73. The molecule has 0 bridgehead atoms. The summed E-state index contributed by atoms with van der Waals surface area (Å²) in [7, 11) is 1.72. The van der Waals surface area contributed by atoms with Crippen molar-refractivity contribution in [3.8, 4) is 5.75 Å². The van der Waals surface area contributed by atoms with Crippen molar-refractivity contribution in [2.75, 3.05) is 12.4 Å². The molecule has 1 aromatic carbocycles. The number of rotatable bonds is 4. The van der Waals surface area contributed by atoms with E-state index in [0.29, 0.717) is 12.1 Å². The Morgan fingerprint density at radius 3 is 2.82 bits per heavy atom. The van der Waals surface area contributed by atoms with E-state index in [9.17, 15) is 0 Å². The molecule has 3 N–H and O–H groups in total. The standard InChI is InChI=1S/C14H22N2O/c1-3-10-9-11(7-8-14(10)17-2)16-13-6-4-5-12(13)15/h7-9,12-13,16H,3-6,15H2,1-2H3. The molecule has 3 heteroatoms. The van der Waals surface area contributed by atoms with E-state index in [0.717, 1.165) is 24.3 Å². The SMILES string of the molecule is CCc1cc(NC2CCCC2N)ccc1OC. The Bertz CT molecular complexity index is 378. The van der Waals surface area contributed by atoms with Crippen molar-refractivity contribution in [1.82, 2.24) is 0 Å². The zero-order valence-electron chi connectivity index (χ0n) is 10.7. The highest BCUT2D eigenvalue weighted by atomic mass is 16.5. The molecule has 0 saturated heterocycles. The number of hydrogen-bond acceptors (Lipinski definition) is 3. The fraction of sp³-hybridized carbons (Fsp3) is 0.571. The molecule has 2 unspecified atom stereocenters. The van der Waals surface area contributed by atoms with E-state index in [2.05, 4.69) is 24.4 Å². The fourth-order valence-electron chi connectivity index (χ4n) is 2.53. The molecule has 0 heterocycles. The summed E-state index contributed by atoms with van der Waals surface area (Å²) in [5, 5.41) is 3.54. The van der Waals surface area contributed by atoms with Crippen LogP contribution in [0.15, 0.2) is 18.2 Å². The summed E-state index contributed by atoms with van der Waals surface area (Å²) in [6, 6.07) is 6.99. The first-order valence-electron chi connectivity index (χ1n) is 6.43. The van der Waals surface area contributed by atoms with Gasteiger partial charge in [-0.05, 0) is 49.4 Å². The van der Waals surface area contributed by atoms with Gasteiger partial charge in [0.05, 0.1) is 7.11 Å². The average Bonchev–Trinajstić information content (AvgIpc) is 2.75. The van der Waals surface area contributed by atoms with Crippen LogP contribution in [0.5, 0.6) is 5.75 Å². The van der Waals surface area contributed by atoms with Gasteiger partial charge in [-0.1, -0.05) is 6.92 Å². The number of anilines is 1. The van der Waals surface area contributed by atoms with Crippen LogP contribution in [-0.4, -0.2) is 19.2 Å². The predicted octanol–water partition coefficient (Wildman–Crippen LogP) is 2.55. The predicted molar refractivity (Wildman–Crippen MR) is 71.6 cm³/mol. The second-order valence-corrected chi connectivity index (χ2v) is 4.73. The largest absolute Gasteiger partial charge is 0.496 e. The summed E-state index contributed by atoms with van der Waals surface area (Å²) in [6.45, 7) is 2.14. The summed E-state index contributed by atoms with van der Waals surface area (Å²) in [6.07, 6.45) is 4.52. The lowest BCUT2D eigenvalue weighted by Gasteiger charge is -2.19. The number of hydrogen-bond donors (Lipinski definition) is 2. The van der Waals surface area contributed by atoms with Crippen LogP contribution in [0.25, 0.3) is 0 Å². The monoisotopic (exact) mass is 234 g/mol. The summed E-state index contributed by atoms with van der Waals surface area (Å²) in [5.41, 5.74) is 8.46. The van der Waals surface area contributed by atoms with Crippen LogP contribution in [0.2, 0.25) is 0 Å². The minimum Gasteiger partial charge on any atom is -0.496 e. The van der Waals surface area contributed by atoms with Crippen LogP contribution in [-0.2, 0) is 6.42 Å². The molecular formula is C14H22N2O. The first-order valence-corrected chi connectivity index (χ1v) is 6.43. The van der Waals surface area contributed by atoms with Gasteiger partial charge in [0.15, 0.2) is 0 Å². The van der Waals surface area contributed by atoms with Crippen molar-refractivity contribution in [3.63, 3.8) is 0 Å². The Morgan fingerprint density at radius 2 is 2.24 bits per heavy atom. The van der Waals surface area contributed by atoms with E-state index in [1.807, 2.05) is 6.07 Å². The van der Waals surface area contributed by atoms with Crippen LogP contribution >= 0.6 is 0 Å². The molecular weight excluding hydrogens is 212 g/mol. The minimum atomic E-state index is 0.294. The molecule has 94 valence electrons. The molecule has 2 rings (SSSR count). The highest BCUT2D eigenvalue weighted by Gasteiger charge is 2.23. The first-order chi connectivity index (χ1) is 8.24. The van der Waals surface area contributed by atoms with Crippen molar-refractivity contribution >= 4 is 5.69 Å². The Labute approximate surface area is 103 Å². The number of methoxy groups -OCH3 is 1. The Balaban J connectivity index is 2.10. The van der Waals surface area contributed by atoms with E-state index in [4.69, 9.17) is 10.5 Å². The van der Waals surface area contributed by atoms with Gasteiger partial charge in [-0.3, -0.25) is 0 Å². The number of aryl methyl sites for hydroxylation is 1. The summed E-state index contributed by atoms with van der Waals surface area (Å²) >= 11 is 0. The number of nitrogens with one attached hydrogen (secondary N) is 1. The van der Waals surface area contributed by atoms with E-state index < -0.39 is 0 Å². The maximum atomic E-state index is 6.07. The number of benzene rings is 1. The highest BCUT2D eigenvalue weighted by molar-refractivity contribution is 5.52. The van der Waals surface area contributed by atoms with Gasteiger partial charge >= 0.3 is 0 Å². The maximum Gasteiger partial charge on any atom is 0.122 e. The van der Waals surface area contributed by atoms with Crippen LogP contribution in [0, 0.1) is 0 Å². The zero-order valence-corrected chi connectivity index (χ0v) is 10.7. The molecule has 1 aliphatic carbocycles. The molecule has 0 spiro atoms. The molecule has 0 aromatic heterocycles. The average molecular weight is 234 g/mol. The third-order valence-electron chi connectivity index (χ3n) is 3.58. The fourth-order valence-corrected chi connectivity index (χ4v) is 2.53. The second kappa shape index (κ2) is 5.41. The number of ether oxygens (including phenoxy) is 1. The van der Waals surface area contributed by atoms with Crippen LogP contribution in [0.4, 0.5) is 5.69 Å². The molecule has 3 nitrogen and oxygen atoms in total. The van der Waals surface area contributed by atoms with Crippen LogP contribution in [0.1, 0.15) is 31.7 Å². The van der Waals surface area contributed by atoms with Crippen molar-refractivity contribution in [3.05, 3.63) is 23.8 Å². The summed E-state index contributed by atoms with van der Waals surface area (Å²) < 4.78 is 5.33. The third-order valence-corrected chi connectivity index (χ3v) is 3.58. The Morgan fingerprint density at radius 1 is 1.41 bits per heavy atom. The van der Waals surface area contributed by atoms with Crippen LogP contribution < -0.4 is 15.8 Å². The molecule has 2 atom stereocenters. The van der Waals surface area contributed by atoms with Crippen molar-refractivity contribution < 1.29 is 4.74 Å². The van der Waals surface area contributed by atoms with Gasteiger partial charge in [-0.25, -0.2) is 0 Å². The lowest BCUT2D eigenvalue weighted by atomic mass is 10.1. The molecule has 17 heavy (non-hydrogen) atoms. The van der Waals surface area contributed by atoms with Crippen molar-refractivity contribution in [1.29, 1.82) is 0 Å². The summed E-state index contributed by atoms with van der Waals surface area (Å²) in [4.78, 5) is 0. The topological polar surface area (TPSA) is 47.3 Å². The molecule has 1 aliphatic rings. The normalized spacial score (nSPS) is 23.7. The minimum absolute atomic E-state index is 0.294. The van der Waals surface area contributed by atoms with Crippen molar-refractivity contribution in [2.24, 2.45) is 5.73 Å². The van der Waals surface area contributed by atoms with Gasteiger partial charge in [0.2, 0.25) is 0 Å². The molecule has 0 amide bonds. The van der Waals surface area contributed by atoms with E-state index in [1.54, 1.807) is 7.11 Å².